The lowest BCUT2D eigenvalue weighted by Gasteiger charge is -2.34. The molecular formula is C15H16F2N2O2. The SMILES string of the molecule is O=C1CN(C(=O)C2CCC(F)(F)CC2)c2ccccc2N1. The molecule has 1 aliphatic carbocycles. The van der Waals surface area contributed by atoms with E-state index < -0.39 is 11.8 Å². The Kier molecular flexibility index (Phi) is 3.39. The summed E-state index contributed by atoms with van der Waals surface area (Å²) in [5.74, 6) is -3.58. The third kappa shape index (κ3) is 2.75. The number of nitrogens with one attached hydrogen (secondary N) is 1. The molecule has 112 valence electrons. The molecular weight excluding hydrogens is 278 g/mol. The summed E-state index contributed by atoms with van der Waals surface area (Å²) in [4.78, 5) is 25.7. The summed E-state index contributed by atoms with van der Waals surface area (Å²) in [6, 6.07) is 7.03. The van der Waals surface area contributed by atoms with Crippen LogP contribution in [0.3, 0.4) is 0 Å². The molecule has 4 nitrogen and oxygen atoms in total. The van der Waals surface area contributed by atoms with Gasteiger partial charge in [-0.05, 0) is 25.0 Å². The third-order valence-electron chi connectivity index (χ3n) is 4.10. The van der Waals surface area contributed by atoms with E-state index in [4.69, 9.17) is 0 Å². The monoisotopic (exact) mass is 294 g/mol. The number of amides is 2. The van der Waals surface area contributed by atoms with Crippen LogP contribution in [-0.2, 0) is 9.59 Å². The highest BCUT2D eigenvalue weighted by Crippen LogP contribution is 2.38. The highest BCUT2D eigenvalue weighted by molar-refractivity contribution is 6.10. The van der Waals surface area contributed by atoms with Crippen LogP contribution in [0.25, 0.3) is 0 Å². The second kappa shape index (κ2) is 5.09. The zero-order valence-corrected chi connectivity index (χ0v) is 11.4. The van der Waals surface area contributed by atoms with Crippen molar-refractivity contribution in [2.75, 3.05) is 16.8 Å². The lowest BCUT2D eigenvalue weighted by atomic mass is 9.85. The first-order valence-electron chi connectivity index (χ1n) is 7.04. The Balaban J connectivity index is 1.81. The number of rotatable bonds is 1. The molecule has 1 saturated carbocycles. The Labute approximate surface area is 121 Å². The van der Waals surface area contributed by atoms with Gasteiger partial charge in [0.25, 0.3) is 0 Å². The Morgan fingerprint density at radius 3 is 2.62 bits per heavy atom. The van der Waals surface area contributed by atoms with E-state index >= 15 is 0 Å². The van der Waals surface area contributed by atoms with Gasteiger partial charge in [0.15, 0.2) is 0 Å². The summed E-state index contributed by atoms with van der Waals surface area (Å²) in [6.45, 7) is -0.0528. The minimum Gasteiger partial charge on any atom is -0.323 e. The van der Waals surface area contributed by atoms with E-state index in [2.05, 4.69) is 5.32 Å². The summed E-state index contributed by atoms with van der Waals surface area (Å²) in [5, 5.41) is 2.71. The predicted molar refractivity (Wildman–Crippen MR) is 74.3 cm³/mol. The van der Waals surface area contributed by atoms with Crippen molar-refractivity contribution in [1.29, 1.82) is 0 Å². The number of anilines is 2. The fraction of sp³-hybridized carbons (Fsp3) is 0.467. The van der Waals surface area contributed by atoms with Gasteiger partial charge in [0.2, 0.25) is 17.7 Å². The van der Waals surface area contributed by atoms with Gasteiger partial charge in [-0.3, -0.25) is 9.59 Å². The molecule has 3 rings (SSSR count). The van der Waals surface area contributed by atoms with E-state index in [1.54, 1.807) is 24.3 Å². The lowest BCUT2D eigenvalue weighted by Crippen LogP contribution is -2.46. The first-order valence-corrected chi connectivity index (χ1v) is 7.04. The number of fused-ring (bicyclic) bond motifs is 1. The molecule has 0 unspecified atom stereocenters. The second-order valence-electron chi connectivity index (χ2n) is 5.62. The van der Waals surface area contributed by atoms with Gasteiger partial charge in [-0.1, -0.05) is 12.1 Å². The van der Waals surface area contributed by atoms with Gasteiger partial charge in [0.1, 0.15) is 6.54 Å². The molecule has 1 aromatic carbocycles. The zero-order valence-electron chi connectivity index (χ0n) is 11.4. The van der Waals surface area contributed by atoms with Crippen LogP contribution in [0.2, 0.25) is 0 Å². The summed E-state index contributed by atoms with van der Waals surface area (Å²) in [6.07, 6.45) is -0.172. The van der Waals surface area contributed by atoms with Crippen molar-refractivity contribution in [3.8, 4) is 0 Å². The molecule has 0 spiro atoms. The summed E-state index contributed by atoms with van der Waals surface area (Å²) in [7, 11) is 0. The fourth-order valence-corrected chi connectivity index (χ4v) is 2.94. The molecule has 1 N–H and O–H groups in total. The van der Waals surface area contributed by atoms with E-state index in [-0.39, 0.29) is 44.0 Å². The number of para-hydroxylation sites is 2. The molecule has 1 aliphatic heterocycles. The highest BCUT2D eigenvalue weighted by Gasteiger charge is 2.40. The number of carbonyl (C=O) groups is 2. The maximum atomic E-state index is 13.2. The summed E-state index contributed by atoms with van der Waals surface area (Å²) in [5.41, 5.74) is 1.22. The number of benzene rings is 1. The quantitative estimate of drug-likeness (QED) is 0.866. The number of alkyl halides is 2. The second-order valence-corrected chi connectivity index (χ2v) is 5.62. The van der Waals surface area contributed by atoms with Crippen LogP contribution in [0, 0.1) is 5.92 Å². The molecule has 0 atom stereocenters. The fourth-order valence-electron chi connectivity index (χ4n) is 2.94. The average molecular weight is 294 g/mol. The Morgan fingerprint density at radius 1 is 1.24 bits per heavy atom. The standard InChI is InChI=1S/C15H16F2N2O2/c16-15(17)7-5-10(6-8-15)14(21)19-9-13(20)18-11-3-1-2-4-12(11)19/h1-4,10H,5-9H2,(H,18,20). The Bertz CT molecular complexity index is 579. The number of nitrogens with zero attached hydrogens (tertiary/aromatic N) is 1. The van der Waals surface area contributed by atoms with Crippen LogP contribution in [0.5, 0.6) is 0 Å². The Hall–Kier alpha value is -1.98. The van der Waals surface area contributed by atoms with Crippen molar-refractivity contribution in [3.63, 3.8) is 0 Å². The van der Waals surface area contributed by atoms with Gasteiger partial charge in [-0.2, -0.15) is 0 Å². The molecule has 0 saturated heterocycles. The number of hydrogen-bond acceptors (Lipinski definition) is 2. The van der Waals surface area contributed by atoms with Crippen LogP contribution >= 0.6 is 0 Å². The first-order chi connectivity index (χ1) is 9.96. The zero-order chi connectivity index (χ0) is 15.0. The molecule has 0 bridgehead atoms. The van der Waals surface area contributed by atoms with Crippen molar-refractivity contribution in [2.24, 2.45) is 5.92 Å². The van der Waals surface area contributed by atoms with Crippen molar-refractivity contribution in [3.05, 3.63) is 24.3 Å². The number of carbonyl (C=O) groups excluding carboxylic acids is 2. The van der Waals surface area contributed by atoms with Gasteiger partial charge in [-0.25, -0.2) is 8.78 Å². The molecule has 2 amide bonds. The average Bonchev–Trinajstić information content (AvgIpc) is 2.45. The molecule has 1 fully saturated rings. The molecule has 0 aromatic heterocycles. The van der Waals surface area contributed by atoms with E-state index in [0.29, 0.717) is 11.4 Å². The van der Waals surface area contributed by atoms with Crippen molar-refractivity contribution >= 4 is 23.2 Å². The van der Waals surface area contributed by atoms with Gasteiger partial charge < -0.3 is 10.2 Å². The molecule has 2 aliphatic rings. The maximum Gasteiger partial charge on any atom is 0.248 e. The third-order valence-corrected chi connectivity index (χ3v) is 4.10. The van der Waals surface area contributed by atoms with Crippen LogP contribution < -0.4 is 10.2 Å². The normalized spacial score (nSPS) is 21.6. The number of halogens is 2. The van der Waals surface area contributed by atoms with Crippen LogP contribution in [0.1, 0.15) is 25.7 Å². The van der Waals surface area contributed by atoms with E-state index in [0.717, 1.165) is 0 Å². The van der Waals surface area contributed by atoms with Crippen molar-refractivity contribution in [2.45, 2.75) is 31.6 Å². The smallest absolute Gasteiger partial charge is 0.248 e. The maximum absolute atomic E-state index is 13.2. The van der Waals surface area contributed by atoms with E-state index in [1.165, 1.54) is 4.90 Å². The van der Waals surface area contributed by atoms with Gasteiger partial charge in [0, 0.05) is 18.8 Å². The molecule has 21 heavy (non-hydrogen) atoms. The number of hydrogen-bond donors (Lipinski definition) is 1. The largest absolute Gasteiger partial charge is 0.323 e. The minimum atomic E-state index is -2.66. The predicted octanol–water partition coefficient (Wildman–Crippen LogP) is 2.80. The topological polar surface area (TPSA) is 49.4 Å². The van der Waals surface area contributed by atoms with Gasteiger partial charge in [-0.15, -0.1) is 0 Å². The molecule has 0 radical (unpaired) electrons. The van der Waals surface area contributed by atoms with E-state index in [9.17, 15) is 18.4 Å². The molecule has 1 aromatic rings. The molecule has 1 heterocycles. The highest BCUT2D eigenvalue weighted by atomic mass is 19.3. The van der Waals surface area contributed by atoms with Crippen molar-refractivity contribution < 1.29 is 18.4 Å². The minimum absolute atomic E-state index is 0.0528. The van der Waals surface area contributed by atoms with Gasteiger partial charge in [0.05, 0.1) is 11.4 Å². The van der Waals surface area contributed by atoms with Gasteiger partial charge >= 0.3 is 0 Å². The van der Waals surface area contributed by atoms with Crippen LogP contribution in [-0.4, -0.2) is 24.3 Å². The summed E-state index contributed by atoms with van der Waals surface area (Å²) < 4.78 is 26.4. The summed E-state index contributed by atoms with van der Waals surface area (Å²) >= 11 is 0. The van der Waals surface area contributed by atoms with Crippen LogP contribution in [0.15, 0.2) is 24.3 Å². The Morgan fingerprint density at radius 2 is 1.90 bits per heavy atom. The van der Waals surface area contributed by atoms with Crippen LogP contribution in [0.4, 0.5) is 20.2 Å². The van der Waals surface area contributed by atoms with Crippen molar-refractivity contribution in [1.82, 2.24) is 0 Å². The first kappa shape index (κ1) is 14.0. The molecule has 6 heteroatoms. The van der Waals surface area contributed by atoms with E-state index in [1.807, 2.05) is 0 Å². The lowest BCUT2D eigenvalue weighted by molar-refractivity contribution is -0.128.